The lowest BCUT2D eigenvalue weighted by molar-refractivity contribution is 0.162. The molecule has 1 aromatic rings. The van der Waals surface area contributed by atoms with Crippen LogP contribution in [-0.4, -0.2) is 16.3 Å². The molecule has 0 saturated carbocycles. The predicted octanol–water partition coefficient (Wildman–Crippen LogP) is 0.699. The number of benzene rings is 1. The van der Waals surface area contributed by atoms with Gasteiger partial charge >= 0.3 is 0 Å². The average molecular weight is 199 g/mol. The van der Waals surface area contributed by atoms with Gasteiger partial charge in [-0.25, -0.2) is 4.39 Å². The molecule has 0 radical (unpaired) electrons. The maximum atomic E-state index is 12.9. The lowest BCUT2D eigenvalue weighted by Gasteiger charge is -2.18. The van der Waals surface area contributed by atoms with Crippen molar-refractivity contribution in [2.24, 2.45) is 5.73 Å². The number of halogens is 1. The number of aliphatic hydroxyl groups is 2. The fourth-order valence-corrected chi connectivity index (χ4v) is 1.28. The topological polar surface area (TPSA) is 66.5 Å². The van der Waals surface area contributed by atoms with Crippen molar-refractivity contribution in [1.82, 2.24) is 0 Å². The Morgan fingerprint density at radius 3 is 2.64 bits per heavy atom. The molecule has 0 aromatic heterocycles. The normalized spacial score (nSPS) is 15.2. The summed E-state index contributed by atoms with van der Waals surface area (Å²) in [7, 11) is 0. The lowest BCUT2D eigenvalue weighted by atomic mass is 9.98. The van der Waals surface area contributed by atoms with Crippen molar-refractivity contribution in [3.05, 3.63) is 35.1 Å². The highest BCUT2D eigenvalue weighted by molar-refractivity contribution is 5.30. The Bertz CT molecular complexity index is 315. The van der Waals surface area contributed by atoms with Crippen LogP contribution in [-0.2, 0) is 6.61 Å². The van der Waals surface area contributed by atoms with Crippen LogP contribution in [0.15, 0.2) is 18.2 Å². The Labute approximate surface area is 82.0 Å². The first-order chi connectivity index (χ1) is 6.56. The zero-order chi connectivity index (χ0) is 10.7. The highest BCUT2D eigenvalue weighted by Gasteiger charge is 2.16. The number of hydrogen-bond acceptors (Lipinski definition) is 3. The van der Waals surface area contributed by atoms with Crippen molar-refractivity contribution in [1.29, 1.82) is 0 Å². The second kappa shape index (κ2) is 4.50. The van der Waals surface area contributed by atoms with Gasteiger partial charge < -0.3 is 15.9 Å². The van der Waals surface area contributed by atoms with E-state index in [9.17, 15) is 9.50 Å². The summed E-state index contributed by atoms with van der Waals surface area (Å²) in [6, 6.07) is 3.28. The maximum absolute atomic E-state index is 12.9. The summed E-state index contributed by atoms with van der Waals surface area (Å²) in [6.07, 6.45) is -0.776. The second-order valence-electron chi connectivity index (χ2n) is 3.27. The van der Waals surface area contributed by atoms with Crippen molar-refractivity contribution >= 4 is 0 Å². The molecule has 0 heterocycles. The monoisotopic (exact) mass is 199 g/mol. The lowest BCUT2D eigenvalue weighted by Crippen LogP contribution is -2.24. The zero-order valence-electron chi connectivity index (χ0n) is 7.94. The number of rotatable bonds is 3. The molecule has 4 N–H and O–H groups in total. The summed E-state index contributed by atoms with van der Waals surface area (Å²) in [5.41, 5.74) is 6.64. The highest BCUT2D eigenvalue weighted by Crippen LogP contribution is 2.20. The molecule has 1 unspecified atom stereocenters. The third-order valence-corrected chi connectivity index (χ3v) is 2.16. The van der Waals surface area contributed by atoms with E-state index in [1.165, 1.54) is 25.1 Å². The summed E-state index contributed by atoms with van der Waals surface area (Å²) in [6.45, 7) is 1.31. The Morgan fingerprint density at radius 1 is 1.50 bits per heavy atom. The van der Waals surface area contributed by atoms with Crippen LogP contribution in [0.1, 0.15) is 24.1 Å². The van der Waals surface area contributed by atoms with Gasteiger partial charge in [-0.15, -0.1) is 0 Å². The van der Waals surface area contributed by atoms with E-state index in [-0.39, 0.29) is 6.61 Å². The van der Waals surface area contributed by atoms with Gasteiger partial charge in [0.2, 0.25) is 0 Å². The van der Waals surface area contributed by atoms with E-state index in [2.05, 4.69) is 0 Å². The molecular weight excluding hydrogens is 185 g/mol. The smallest absolute Gasteiger partial charge is 0.123 e. The van der Waals surface area contributed by atoms with Gasteiger partial charge in [0.05, 0.1) is 18.8 Å². The molecule has 0 aliphatic heterocycles. The first kappa shape index (κ1) is 11.1. The van der Waals surface area contributed by atoms with Crippen molar-refractivity contribution < 1.29 is 14.6 Å². The molecule has 0 aliphatic rings. The molecule has 0 amide bonds. The molecule has 2 atom stereocenters. The van der Waals surface area contributed by atoms with Crippen molar-refractivity contribution in [3.8, 4) is 0 Å². The molecule has 0 spiro atoms. The van der Waals surface area contributed by atoms with Crippen LogP contribution in [0.3, 0.4) is 0 Å². The Balaban J connectivity index is 3.10. The van der Waals surface area contributed by atoms with Gasteiger partial charge in [-0.2, -0.15) is 0 Å². The van der Waals surface area contributed by atoms with E-state index in [1.54, 1.807) is 0 Å². The van der Waals surface area contributed by atoms with Crippen molar-refractivity contribution in [2.45, 2.75) is 25.7 Å². The van der Waals surface area contributed by atoms with E-state index in [1.807, 2.05) is 0 Å². The minimum absolute atomic E-state index is 0.212. The van der Waals surface area contributed by atoms with Crippen LogP contribution in [0.4, 0.5) is 4.39 Å². The van der Waals surface area contributed by atoms with E-state index in [0.29, 0.717) is 11.1 Å². The van der Waals surface area contributed by atoms with Gasteiger partial charge in [-0.05, 0) is 30.2 Å². The average Bonchev–Trinajstić information content (AvgIpc) is 2.16. The van der Waals surface area contributed by atoms with Crippen LogP contribution in [0.2, 0.25) is 0 Å². The molecule has 0 saturated heterocycles. The van der Waals surface area contributed by atoms with Crippen LogP contribution < -0.4 is 5.73 Å². The minimum Gasteiger partial charge on any atom is -0.392 e. The largest absolute Gasteiger partial charge is 0.392 e. The fraction of sp³-hybridized carbons (Fsp3) is 0.400. The molecule has 14 heavy (non-hydrogen) atoms. The predicted molar refractivity (Wildman–Crippen MR) is 50.9 cm³/mol. The minimum atomic E-state index is -0.776. The van der Waals surface area contributed by atoms with Gasteiger partial charge in [0.25, 0.3) is 0 Å². The first-order valence-electron chi connectivity index (χ1n) is 4.39. The van der Waals surface area contributed by atoms with Crippen LogP contribution in [0, 0.1) is 5.82 Å². The maximum Gasteiger partial charge on any atom is 0.123 e. The standard InChI is InChI=1S/C10H14FNO2/c1-6(14)10(12)9-4-8(11)3-2-7(9)5-13/h2-4,6,10,13-14H,5,12H2,1H3/t6?,10-/m0/s1. The molecule has 0 fully saturated rings. The van der Waals surface area contributed by atoms with Gasteiger partial charge in [0.15, 0.2) is 0 Å². The highest BCUT2D eigenvalue weighted by atomic mass is 19.1. The molecule has 3 nitrogen and oxygen atoms in total. The van der Waals surface area contributed by atoms with Gasteiger partial charge in [0.1, 0.15) is 5.82 Å². The number of hydrogen-bond donors (Lipinski definition) is 3. The molecule has 1 aromatic carbocycles. The molecule has 0 bridgehead atoms. The number of aliphatic hydroxyl groups excluding tert-OH is 2. The first-order valence-corrected chi connectivity index (χ1v) is 4.39. The Kier molecular flexibility index (Phi) is 3.57. The van der Waals surface area contributed by atoms with Crippen LogP contribution in [0.5, 0.6) is 0 Å². The van der Waals surface area contributed by atoms with Crippen LogP contribution >= 0.6 is 0 Å². The second-order valence-corrected chi connectivity index (χ2v) is 3.27. The van der Waals surface area contributed by atoms with Crippen LogP contribution in [0.25, 0.3) is 0 Å². The molecular formula is C10H14FNO2. The quantitative estimate of drug-likeness (QED) is 0.671. The summed E-state index contributed by atoms with van der Waals surface area (Å²) in [5.74, 6) is -0.423. The third-order valence-electron chi connectivity index (χ3n) is 2.16. The molecule has 78 valence electrons. The molecule has 0 aliphatic carbocycles. The van der Waals surface area contributed by atoms with Crippen molar-refractivity contribution in [2.75, 3.05) is 0 Å². The van der Waals surface area contributed by atoms with Gasteiger partial charge in [0, 0.05) is 0 Å². The van der Waals surface area contributed by atoms with Gasteiger partial charge in [-0.1, -0.05) is 6.07 Å². The van der Waals surface area contributed by atoms with E-state index in [4.69, 9.17) is 10.8 Å². The van der Waals surface area contributed by atoms with E-state index < -0.39 is 18.0 Å². The Hall–Kier alpha value is -0.970. The molecule has 1 rings (SSSR count). The van der Waals surface area contributed by atoms with Gasteiger partial charge in [-0.3, -0.25) is 0 Å². The summed E-state index contributed by atoms with van der Waals surface area (Å²) in [4.78, 5) is 0. The zero-order valence-corrected chi connectivity index (χ0v) is 7.94. The van der Waals surface area contributed by atoms with Crippen molar-refractivity contribution in [3.63, 3.8) is 0 Å². The molecule has 4 heteroatoms. The summed E-state index contributed by atoms with van der Waals surface area (Å²) in [5, 5.41) is 18.2. The third kappa shape index (κ3) is 2.29. The fourth-order valence-electron chi connectivity index (χ4n) is 1.28. The summed E-state index contributed by atoms with van der Waals surface area (Å²) >= 11 is 0. The van der Waals surface area contributed by atoms with E-state index in [0.717, 1.165) is 0 Å². The SMILES string of the molecule is CC(O)[C@H](N)c1cc(F)ccc1CO. The summed E-state index contributed by atoms with van der Waals surface area (Å²) < 4.78 is 12.9. The Morgan fingerprint density at radius 2 is 2.14 bits per heavy atom. The van der Waals surface area contributed by atoms with E-state index >= 15 is 0 Å². The number of nitrogens with two attached hydrogens (primary N) is 1.